The van der Waals surface area contributed by atoms with Crippen LogP contribution in [0.5, 0.6) is 0 Å². The highest BCUT2D eigenvalue weighted by atomic mass is 19.1. The average Bonchev–Trinajstić information content (AvgIpc) is 2.61. The van der Waals surface area contributed by atoms with E-state index in [9.17, 15) is 9.18 Å². The summed E-state index contributed by atoms with van der Waals surface area (Å²) in [5.74, 6) is -0.245. The molecular weight excluding hydrogens is 293 g/mol. The van der Waals surface area contributed by atoms with Gasteiger partial charge in [-0.15, -0.1) is 0 Å². The molecule has 0 spiro atoms. The number of carbonyl (C=O) groups is 1. The van der Waals surface area contributed by atoms with E-state index >= 15 is 0 Å². The molecule has 0 N–H and O–H groups in total. The molecule has 1 aromatic carbocycles. The highest BCUT2D eigenvalue weighted by Gasteiger charge is 2.21. The van der Waals surface area contributed by atoms with Crippen molar-refractivity contribution in [3.8, 4) is 0 Å². The van der Waals surface area contributed by atoms with Crippen molar-refractivity contribution < 1.29 is 9.18 Å². The molecule has 1 aliphatic heterocycles. The number of rotatable bonds is 3. The molecule has 23 heavy (non-hydrogen) atoms. The van der Waals surface area contributed by atoms with E-state index < -0.39 is 0 Å². The minimum atomic E-state index is -0.219. The largest absolute Gasteiger partial charge is 0.366 e. The molecule has 1 saturated heterocycles. The van der Waals surface area contributed by atoms with E-state index in [0.29, 0.717) is 31.9 Å². The first-order chi connectivity index (χ1) is 11.2. The lowest BCUT2D eigenvalue weighted by Crippen LogP contribution is -2.48. The van der Waals surface area contributed by atoms with Crippen molar-refractivity contribution in [3.05, 3.63) is 66.2 Å². The van der Waals surface area contributed by atoms with Crippen molar-refractivity contribution in [2.45, 2.75) is 0 Å². The zero-order chi connectivity index (χ0) is 16.1. The first-order valence-corrected chi connectivity index (χ1v) is 7.60. The van der Waals surface area contributed by atoms with Crippen molar-refractivity contribution in [1.82, 2.24) is 9.88 Å². The molecule has 118 valence electrons. The fourth-order valence-electron chi connectivity index (χ4n) is 2.62. The second kappa shape index (κ2) is 7.05. The zero-order valence-electron chi connectivity index (χ0n) is 12.7. The summed E-state index contributed by atoms with van der Waals surface area (Å²) in [5.41, 5.74) is 1.50. The number of nitrogens with zero attached hydrogens (tertiary/aromatic N) is 3. The maximum atomic E-state index is 13.8. The molecule has 3 rings (SSSR count). The summed E-state index contributed by atoms with van der Waals surface area (Å²) >= 11 is 0. The molecule has 1 aromatic heterocycles. The van der Waals surface area contributed by atoms with Gasteiger partial charge in [0.1, 0.15) is 5.82 Å². The SMILES string of the molecule is O=C(/C=C/c1cccnc1)N1CCN(c2ccccc2F)CC1. The third-order valence-electron chi connectivity index (χ3n) is 3.89. The Balaban J connectivity index is 1.57. The molecule has 5 heteroatoms. The number of piperazine rings is 1. The number of aromatic nitrogens is 1. The number of hydrogen-bond acceptors (Lipinski definition) is 3. The lowest BCUT2D eigenvalue weighted by molar-refractivity contribution is -0.126. The van der Waals surface area contributed by atoms with Gasteiger partial charge in [-0.3, -0.25) is 9.78 Å². The number of halogens is 1. The van der Waals surface area contributed by atoms with Gasteiger partial charge in [-0.2, -0.15) is 0 Å². The normalized spacial score (nSPS) is 15.2. The van der Waals surface area contributed by atoms with Crippen LogP contribution >= 0.6 is 0 Å². The summed E-state index contributed by atoms with van der Waals surface area (Å²) in [5, 5.41) is 0. The molecule has 2 aromatic rings. The topological polar surface area (TPSA) is 36.4 Å². The second-order valence-corrected chi connectivity index (χ2v) is 5.38. The van der Waals surface area contributed by atoms with Crippen molar-refractivity contribution >= 4 is 17.7 Å². The lowest BCUT2D eigenvalue weighted by atomic mass is 10.2. The molecule has 0 atom stereocenters. The van der Waals surface area contributed by atoms with Crippen molar-refractivity contribution in [3.63, 3.8) is 0 Å². The Morgan fingerprint density at radius 1 is 1.09 bits per heavy atom. The van der Waals surface area contributed by atoms with Crippen LogP contribution in [-0.2, 0) is 4.79 Å². The molecule has 4 nitrogen and oxygen atoms in total. The van der Waals surface area contributed by atoms with E-state index in [1.54, 1.807) is 41.6 Å². The zero-order valence-corrected chi connectivity index (χ0v) is 12.7. The van der Waals surface area contributed by atoms with Crippen LogP contribution in [0.3, 0.4) is 0 Å². The quantitative estimate of drug-likeness (QED) is 0.818. The van der Waals surface area contributed by atoms with Crippen LogP contribution in [0.1, 0.15) is 5.56 Å². The van der Waals surface area contributed by atoms with Crippen molar-refractivity contribution in [1.29, 1.82) is 0 Å². The molecule has 0 aliphatic carbocycles. The Kier molecular flexibility index (Phi) is 4.66. The third kappa shape index (κ3) is 3.74. The average molecular weight is 311 g/mol. The number of para-hydroxylation sites is 1. The Bertz CT molecular complexity index is 694. The van der Waals surface area contributed by atoms with Crippen LogP contribution in [0.15, 0.2) is 54.9 Å². The van der Waals surface area contributed by atoms with E-state index in [1.165, 1.54) is 6.07 Å². The third-order valence-corrected chi connectivity index (χ3v) is 3.89. The van der Waals surface area contributed by atoms with Gasteiger partial charge in [0.2, 0.25) is 5.91 Å². The van der Waals surface area contributed by atoms with Gasteiger partial charge in [-0.05, 0) is 29.8 Å². The Labute approximate surface area is 134 Å². The molecule has 0 bridgehead atoms. The van der Waals surface area contributed by atoms with Crippen LogP contribution < -0.4 is 4.90 Å². The van der Waals surface area contributed by atoms with Gasteiger partial charge in [0, 0.05) is 44.6 Å². The van der Waals surface area contributed by atoms with Gasteiger partial charge in [-0.1, -0.05) is 18.2 Å². The number of amides is 1. The summed E-state index contributed by atoms with van der Waals surface area (Å²) in [6, 6.07) is 10.5. The van der Waals surface area contributed by atoms with E-state index in [4.69, 9.17) is 0 Å². The van der Waals surface area contributed by atoms with E-state index in [-0.39, 0.29) is 11.7 Å². The van der Waals surface area contributed by atoms with E-state index in [2.05, 4.69) is 4.98 Å². The number of anilines is 1. The van der Waals surface area contributed by atoms with Crippen LogP contribution in [0.25, 0.3) is 6.08 Å². The first-order valence-electron chi connectivity index (χ1n) is 7.60. The fourth-order valence-corrected chi connectivity index (χ4v) is 2.62. The van der Waals surface area contributed by atoms with Gasteiger partial charge in [0.05, 0.1) is 5.69 Å². The maximum Gasteiger partial charge on any atom is 0.246 e. The van der Waals surface area contributed by atoms with E-state index in [1.807, 2.05) is 23.1 Å². The molecule has 0 saturated carbocycles. The fraction of sp³-hybridized carbons (Fsp3) is 0.222. The van der Waals surface area contributed by atoms with Gasteiger partial charge < -0.3 is 9.80 Å². The Morgan fingerprint density at radius 3 is 2.57 bits per heavy atom. The lowest BCUT2D eigenvalue weighted by Gasteiger charge is -2.35. The number of pyridine rings is 1. The van der Waals surface area contributed by atoms with Crippen LogP contribution in [0, 0.1) is 5.82 Å². The molecule has 1 fully saturated rings. The monoisotopic (exact) mass is 311 g/mol. The Morgan fingerprint density at radius 2 is 1.87 bits per heavy atom. The Hall–Kier alpha value is -2.69. The molecule has 2 heterocycles. The summed E-state index contributed by atoms with van der Waals surface area (Å²) in [4.78, 5) is 20.0. The van der Waals surface area contributed by atoms with Crippen LogP contribution in [0.2, 0.25) is 0 Å². The van der Waals surface area contributed by atoms with Crippen molar-refractivity contribution in [2.24, 2.45) is 0 Å². The first kappa shape index (κ1) is 15.2. The van der Waals surface area contributed by atoms with Gasteiger partial charge in [0.15, 0.2) is 0 Å². The van der Waals surface area contributed by atoms with Gasteiger partial charge in [-0.25, -0.2) is 4.39 Å². The summed E-state index contributed by atoms with van der Waals surface area (Å²) in [6.07, 6.45) is 6.73. The summed E-state index contributed by atoms with van der Waals surface area (Å²) < 4.78 is 13.8. The number of carbonyl (C=O) groups excluding carboxylic acids is 1. The molecule has 0 unspecified atom stereocenters. The highest BCUT2D eigenvalue weighted by Crippen LogP contribution is 2.20. The predicted molar refractivity (Wildman–Crippen MR) is 88.5 cm³/mol. The molecule has 1 aliphatic rings. The van der Waals surface area contributed by atoms with Gasteiger partial charge >= 0.3 is 0 Å². The minimum absolute atomic E-state index is 0.0259. The smallest absolute Gasteiger partial charge is 0.246 e. The second-order valence-electron chi connectivity index (χ2n) is 5.38. The highest BCUT2D eigenvalue weighted by molar-refractivity contribution is 5.91. The number of hydrogen-bond donors (Lipinski definition) is 0. The van der Waals surface area contributed by atoms with Crippen LogP contribution in [-0.4, -0.2) is 42.0 Å². The van der Waals surface area contributed by atoms with Crippen LogP contribution in [0.4, 0.5) is 10.1 Å². The predicted octanol–water partition coefficient (Wildman–Crippen LogP) is 2.58. The molecular formula is C18H18FN3O. The summed E-state index contributed by atoms with van der Waals surface area (Å²) in [6.45, 7) is 2.44. The minimum Gasteiger partial charge on any atom is -0.366 e. The standard InChI is InChI=1S/C18H18FN3O/c19-16-5-1-2-6-17(16)21-10-12-22(13-11-21)18(23)8-7-15-4-3-9-20-14-15/h1-9,14H,10-13H2/b8-7+. The summed E-state index contributed by atoms with van der Waals surface area (Å²) in [7, 11) is 0. The number of benzene rings is 1. The molecule has 1 amide bonds. The van der Waals surface area contributed by atoms with Crippen molar-refractivity contribution in [2.75, 3.05) is 31.1 Å². The van der Waals surface area contributed by atoms with E-state index in [0.717, 1.165) is 5.56 Å². The molecule has 0 radical (unpaired) electrons. The maximum absolute atomic E-state index is 13.8. The van der Waals surface area contributed by atoms with Gasteiger partial charge in [0.25, 0.3) is 0 Å².